The summed E-state index contributed by atoms with van der Waals surface area (Å²) in [4.78, 5) is 2.15. The number of nitrogens with zero attached hydrogens (tertiary/aromatic N) is 2. The molecular formula is C16H25N3. The molecule has 1 aromatic rings. The highest BCUT2D eigenvalue weighted by Crippen LogP contribution is 2.21. The Labute approximate surface area is 117 Å². The Hall–Kier alpha value is -1.53. The molecule has 0 aliphatic carbocycles. The zero-order valence-electron chi connectivity index (χ0n) is 12.7. The van der Waals surface area contributed by atoms with Crippen molar-refractivity contribution in [2.24, 2.45) is 0 Å². The summed E-state index contributed by atoms with van der Waals surface area (Å²) in [5.74, 6) is 0. The molecule has 1 unspecified atom stereocenters. The molecule has 0 aliphatic rings. The standard InChI is InChI=1S/C16H25N3/c1-6-9-18-16(4,11-17)12-19(5)15-8-7-13(2)10-14(15)3/h7-8,10,18H,6,9,12H2,1-5H3. The second-order valence-corrected chi connectivity index (χ2v) is 5.52. The minimum atomic E-state index is -0.512. The van der Waals surface area contributed by atoms with Gasteiger partial charge in [-0.3, -0.25) is 5.32 Å². The van der Waals surface area contributed by atoms with Crippen LogP contribution >= 0.6 is 0 Å². The minimum absolute atomic E-state index is 0.512. The van der Waals surface area contributed by atoms with E-state index in [1.807, 2.05) is 14.0 Å². The molecule has 104 valence electrons. The lowest BCUT2D eigenvalue weighted by atomic mass is 10.0. The second-order valence-electron chi connectivity index (χ2n) is 5.52. The number of nitriles is 1. The van der Waals surface area contributed by atoms with E-state index < -0.39 is 5.54 Å². The first kappa shape index (κ1) is 15.5. The van der Waals surface area contributed by atoms with E-state index in [1.54, 1.807) is 0 Å². The number of rotatable bonds is 6. The van der Waals surface area contributed by atoms with E-state index in [-0.39, 0.29) is 0 Å². The molecule has 0 bridgehead atoms. The van der Waals surface area contributed by atoms with Gasteiger partial charge >= 0.3 is 0 Å². The normalized spacial score (nSPS) is 13.7. The van der Waals surface area contributed by atoms with Crippen LogP contribution in [0.4, 0.5) is 5.69 Å². The van der Waals surface area contributed by atoms with Gasteiger partial charge in [-0.2, -0.15) is 5.26 Å². The van der Waals surface area contributed by atoms with Crippen LogP contribution in [0, 0.1) is 25.2 Å². The predicted octanol–water partition coefficient (Wildman–Crippen LogP) is 3.02. The van der Waals surface area contributed by atoms with Crippen LogP contribution in [0.15, 0.2) is 18.2 Å². The SMILES string of the molecule is CCCNC(C)(C#N)CN(C)c1ccc(C)cc1C. The highest BCUT2D eigenvalue weighted by molar-refractivity contribution is 5.54. The van der Waals surface area contributed by atoms with Crippen molar-refractivity contribution in [1.29, 1.82) is 5.26 Å². The third kappa shape index (κ3) is 4.25. The molecule has 0 aliphatic heterocycles. The van der Waals surface area contributed by atoms with E-state index in [2.05, 4.69) is 55.3 Å². The van der Waals surface area contributed by atoms with Crippen LogP contribution in [0.25, 0.3) is 0 Å². The van der Waals surface area contributed by atoms with Crippen molar-refractivity contribution >= 4 is 5.69 Å². The number of hydrogen-bond donors (Lipinski definition) is 1. The maximum absolute atomic E-state index is 9.38. The van der Waals surface area contributed by atoms with Crippen molar-refractivity contribution in [1.82, 2.24) is 5.32 Å². The van der Waals surface area contributed by atoms with Crippen molar-refractivity contribution in [2.45, 2.75) is 39.7 Å². The van der Waals surface area contributed by atoms with E-state index in [1.165, 1.54) is 16.8 Å². The molecule has 1 aromatic carbocycles. The number of hydrogen-bond acceptors (Lipinski definition) is 3. The summed E-state index contributed by atoms with van der Waals surface area (Å²) in [6.07, 6.45) is 1.03. The van der Waals surface area contributed by atoms with Crippen molar-refractivity contribution in [2.75, 3.05) is 25.0 Å². The molecule has 0 spiro atoms. The fraction of sp³-hybridized carbons (Fsp3) is 0.562. The quantitative estimate of drug-likeness (QED) is 0.853. The first-order chi connectivity index (χ1) is 8.91. The summed E-state index contributed by atoms with van der Waals surface area (Å²) < 4.78 is 0. The number of anilines is 1. The summed E-state index contributed by atoms with van der Waals surface area (Å²) in [5.41, 5.74) is 3.19. The van der Waals surface area contributed by atoms with E-state index >= 15 is 0 Å². The fourth-order valence-corrected chi connectivity index (χ4v) is 2.32. The molecular weight excluding hydrogens is 234 g/mol. The molecule has 1 N–H and O–H groups in total. The average Bonchev–Trinajstić information content (AvgIpc) is 2.36. The van der Waals surface area contributed by atoms with E-state index in [0.29, 0.717) is 6.54 Å². The second kappa shape index (κ2) is 6.58. The summed E-state index contributed by atoms with van der Waals surface area (Å²) in [5, 5.41) is 12.7. The van der Waals surface area contributed by atoms with Crippen molar-refractivity contribution < 1.29 is 0 Å². The molecule has 0 fully saturated rings. The molecule has 1 rings (SSSR count). The van der Waals surface area contributed by atoms with Crippen LogP contribution < -0.4 is 10.2 Å². The first-order valence-electron chi connectivity index (χ1n) is 6.86. The number of benzene rings is 1. The van der Waals surface area contributed by atoms with Gasteiger partial charge in [0.25, 0.3) is 0 Å². The predicted molar refractivity (Wildman–Crippen MR) is 81.5 cm³/mol. The first-order valence-corrected chi connectivity index (χ1v) is 6.86. The lowest BCUT2D eigenvalue weighted by Crippen LogP contribution is -2.50. The molecule has 0 amide bonds. The maximum atomic E-state index is 9.38. The average molecular weight is 259 g/mol. The Kier molecular flexibility index (Phi) is 5.38. The Morgan fingerprint density at radius 2 is 2.05 bits per heavy atom. The van der Waals surface area contributed by atoms with Crippen LogP contribution in [-0.2, 0) is 0 Å². The highest BCUT2D eigenvalue weighted by atomic mass is 15.1. The monoisotopic (exact) mass is 259 g/mol. The van der Waals surface area contributed by atoms with Gasteiger partial charge in [-0.05, 0) is 45.4 Å². The van der Waals surface area contributed by atoms with Gasteiger partial charge in [0.15, 0.2) is 0 Å². The van der Waals surface area contributed by atoms with Crippen LogP contribution in [-0.4, -0.2) is 25.7 Å². The van der Waals surface area contributed by atoms with Crippen molar-refractivity contribution in [3.63, 3.8) is 0 Å². The van der Waals surface area contributed by atoms with E-state index in [0.717, 1.165) is 13.0 Å². The Morgan fingerprint density at radius 3 is 2.58 bits per heavy atom. The van der Waals surface area contributed by atoms with Gasteiger partial charge in [0.2, 0.25) is 0 Å². The zero-order valence-corrected chi connectivity index (χ0v) is 12.7. The molecule has 0 aromatic heterocycles. The summed E-state index contributed by atoms with van der Waals surface area (Å²) in [7, 11) is 2.04. The van der Waals surface area contributed by atoms with Crippen LogP contribution in [0.5, 0.6) is 0 Å². The molecule has 0 radical (unpaired) electrons. The third-order valence-electron chi connectivity index (χ3n) is 3.33. The topological polar surface area (TPSA) is 39.1 Å². The molecule has 0 heterocycles. The Balaban J connectivity index is 2.83. The minimum Gasteiger partial charge on any atom is -0.371 e. The lowest BCUT2D eigenvalue weighted by Gasteiger charge is -2.31. The Bertz CT molecular complexity index is 462. The molecule has 1 atom stereocenters. The zero-order chi connectivity index (χ0) is 14.5. The van der Waals surface area contributed by atoms with Gasteiger partial charge in [-0.25, -0.2) is 0 Å². The number of likely N-dealkylation sites (N-methyl/N-ethyl adjacent to an activating group) is 1. The molecule has 0 saturated heterocycles. The highest BCUT2D eigenvalue weighted by Gasteiger charge is 2.25. The van der Waals surface area contributed by atoms with Crippen LogP contribution in [0.2, 0.25) is 0 Å². The fourth-order valence-electron chi connectivity index (χ4n) is 2.32. The number of aryl methyl sites for hydroxylation is 2. The molecule has 3 heteroatoms. The van der Waals surface area contributed by atoms with Gasteiger partial charge in [0.1, 0.15) is 5.54 Å². The van der Waals surface area contributed by atoms with Gasteiger partial charge in [-0.1, -0.05) is 24.6 Å². The van der Waals surface area contributed by atoms with Crippen LogP contribution in [0.1, 0.15) is 31.4 Å². The smallest absolute Gasteiger partial charge is 0.121 e. The largest absolute Gasteiger partial charge is 0.371 e. The van der Waals surface area contributed by atoms with Crippen LogP contribution in [0.3, 0.4) is 0 Å². The lowest BCUT2D eigenvalue weighted by molar-refractivity contribution is 0.449. The van der Waals surface area contributed by atoms with Gasteiger partial charge < -0.3 is 4.90 Å². The van der Waals surface area contributed by atoms with Gasteiger partial charge in [0.05, 0.1) is 6.07 Å². The summed E-state index contributed by atoms with van der Waals surface area (Å²) in [6.45, 7) is 9.82. The number of nitrogens with one attached hydrogen (secondary N) is 1. The summed E-state index contributed by atoms with van der Waals surface area (Å²) >= 11 is 0. The van der Waals surface area contributed by atoms with Gasteiger partial charge in [0, 0.05) is 19.3 Å². The van der Waals surface area contributed by atoms with E-state index in [4.69, 9.17) is 0 Å². The van der Waals surface area contributed by atoms with E-state index in [9.17, 15) is 5.26 Å². The molecule has 3 nitrogen and oxygen atoms in total. The molecule has 19 heavy (non-hydrogen) atoms. The van der Waals surface area contributed by atoms with Crippen molar-refractivity contribution in [3.8, 4) is 6.07 Å². The van der Waals surface area contributed by atoms with Crippen molar-refractivity contribution in [3.05, 3.63) is 29.3 Å². The maximum Gasteiger partial charge on any atom is 0.121 e. The molecule has 0 saturated carbocycles. The summed E-state index contributed by atoms with van der Waals surface area (Å²) in [6, 6.07) is 8.81. The van der Waals surface area contributed by atoms with Gasteiger partial charge in [-0.15, -0.1) is 0 Å². The third-order valence-corrected chi connectivity index (χ3v) is 3.33. The Morgan fingerprint density at radius 1 is 1.37 bits per heavy atom.